The van der Waals surface area contributed by atoms with Gasteiger partial charge in [-0.3, -0.25) is 9.59 Å². The Morgan fingerprint density at radius 1 is 1.10 bits per heavy atom. The molecule has 0 saturated carbocycles. The first-order valence-electron chi connectivity index (χ1n) is 9.74. The van der Waals surface area contributed by atoms with Crippen LogP contribution >= 0.6 is 0 Å². The Hall–Kier alpha value is -3.87. The number of aromatic nitrogens is 3. The second-order valence-electron chi connectivity index (χ2n) is 7.31. The predicted molar refractivity (Wildman–Crippen MR) is 118 cm³/mol. The number of likely N-dealkylation sites (N-methyl/N-ethyl adjacent to an activating group) is 1. The highest BCUT2D eigenvalue weighted by molar-refractivity contribution is 6.40. The Morgan fingerprint density at radius 3 is 2.57 bits per heavy atom. The first-order valence-corrected chi connectivity index (χ1v) is 9.74. The maximum atomic E-state index is 12.1. The minimum atomic E-state index is -0.672. The average Bonchev–Trinajstić information content (AvgIpc) is 3.40. The first kappa shape index (κ1) is 19.4. The topological polar surface area (TPSA) is 83.0 Å². The summed E-state index contributed by atoms with van der Waals surface area (Å²) in [7, 11) is 3.09. The number of hydrogen-bond acceptors (Lipinski definition) is 3. The number of anilines is 1. The number of nitrogens with zero attached hydrogens (tertiary/aromatic N) is 3. The van der Waals surface area contributed by atoms with Crippen LogP contribution in [0.4, 0.5) is 5.69 Å². The van der Waals surface area contributed by atoms with Crippen molar-refractivity contribution in [2.75, 3.05) is 19.4 Å². The Kier molecular flexibility index (Phi) is 5.10. The van der Waals surface area contributed by atoms with Crippen LogP contribution in [0.15, 0.2) is 61.1 Å². The van der Waals surface area contributed by atoms with Gasteiger partial charge in [0.25, 0.3) is 0 Å². The molecule has 0 radical (unpaired) electrons. The molecule has 7 nitrogen and oxygen atoms in total. The van der Waals surface area contributed by atoms with Crippen molar-refractivity contribution in [2.45, 2.75) is 13.3 Å². The lowest BCUT2D eigenvalue weighted by molar-refractivity contribution is -0.141. The van der Waals surface area contributed by atoms with Crippen molar-refractivity contribution in [2.24, 2.45) is 0 Å². The lowest BCUT2D eigenvalue weighted by atomic mass is 10.1. The number of benzene rings is 2. The number of nitrogens with one attached hydrogen (secondary N) is 2. The fourth-order valence-electron chi connectivity index (χ4n) is 3.28. The molecule has 2 N–H and O–H groups in total. The van der Waals surface area contributed by atoms with Gasteiger partial charge in [-0.2, -0.15) is 5.10 Å². The molecule has 2 aromatic heterocycles. The Labute approximate surface area is 174 Å². The standard InChI is InChI=1S/C23H23N5O2/c1-4-15-5-8-18(9-6-15)28-14-17(12-25-28)16-7-10-20-19(11-16)21(13-24-20)26-22(29)23(30)27(2)3/h5-14,24H,4H2,1-3H3,(H,26,29). The van der Waals surface area contributed by atoms with Crippen LogP contribution in [0.1, 0.15) is 12.5 Å². The fraction of sp³-hybridized carbons (Fsp3) is 0.174. The first-order chi connectivity index (χ1) is 14.5. The molecule has 2 amide bonds. The Balaban J connectivity index is 1.63. The van der Waals surface area contributed by atoms with Gasteiger partial charge in [-0.1, -0.05) is 25.1 Å². The zero-order valence-corrected chi connectivity index (χ0v) is 17.1. The maximum absolute atomic E-state index is 12.1. The molecule has 7 heteroatoms. The molecule has 0 aliphatic heterocycles. The molecule has 0 spiro atoms. The van der Waals surface area contributed by atoms with Crippen molar-refractivity contribution in [3.8, 4) is 16.8 Å². The van der Waals surface area contributed by atoms with Crippen LogP contribution in [0, 0.1) is 0 Å². The largest absolute Gasteiger partial charge is 0.359 e. The van der Waals surface area contributed by atoms with E-state index in [2.05, 4.69) is 46.6 Å². The number of carbonyl (C=O) groups is 2. The quantitative estimate of drug-likeness (QED) is 0.513. The highest BCUT2D eigenvalue weighted by Gasteiger charge is 2.17. The molecule has 4 rings (SSSR count). The molecular formula is C23H23N5O2. The van der Waals surface area contributed by atoms with E-state index in [1.807, 2.05) is 35.3 Å². The number of hydrogen-bond donors (Lipinski definition) is 2. The summed E-state index contributed by atoms with van der Waals surface area (Å²) in [6.45, 7) is 2.13. The molecule has 4 aromatic rings. The molecule has 30 heavy (non-hydrogen) atoms. The van der Waals surface area contributed by atoms with Crippen LogP contribution in [-0.4, -0.2) is 45.6 Å². The summed E-state index contributed by atoms with van der Waals surface area (Å²) in [5.74, 6) is -1.27. The van der Waals surface area contributed by atoms with Gasteiger partial charge in [0.1, 0.15) is 0 Å². The number of aryl methyl sites for hydroxylation is 1. The highest BCUT2D eigenvalue weighted by atomic mass is 16.2. The van der Waals surface area contributed by atoms with E-state index in [0.717, 1.165) is 34.1 Å². The van der Waals surface area contributed by atoms with Gasteiger partial charge in [0.05, 0.1) is 17.6 Å². The van der Waals surface area contributed by atoms with Gasteiger partial charge in [-0.05, 0) is 41.8 Å². The number of carbonyl (C=O) groups excluding carboxylic acids is 2. The zero-order valence-electron chi connectivity index (χ0n) is 17.1. The molecule has 0 fully saturated rings. The van der Waals surface area contributed by atoms with E-state index in [0.29, 0.717) is 5.69 Å². The third-order valence-electron chi connectivity index (χ3n) is 5.06. The monoisotopic (exact) mass is 401 g/mol. The third-order valence-corrected chi connectivity index (χ3v) is 5.06. The van der Waals surface area contributed by atoms with Gasteiger partial charge in [0, 0.05) is 43.0 Å². The van der Waals surface area contributed by atoms with Crippen molar-refractivity contribution in [3.63, 3.8) is 0 Å². The van der Waals surface area contributed by atoms with E-state index >= 15 is 0 Å². The second kappa shape index (κ2) is 7.87. The van der Waals surface area contributed by atoms with E-state index in [-0.39, 0.29) is 0 Å². The molecule has 0 atom stereocenters. The highest BCUT2D eigenvalue weighted by Crippen LogP contribution is 2.29. The molecular weight excluding hydrogens is 378 g/mol. The van der Waals surface area contributed by atoms with Gasteiger partial charge in [-0.15, -0.1) is 0 Å². The van der Waals surface area contributed by atoms with Crippen LogP contribution < -0.4 is 5.32 Å². The van der Waals surface area contributed by atoms with Crippen LogP contribution in [0.2, 0.25) is 0 Å². The third kappa shape index (κ3) is 3.69. The van der Waals surface area contributed by atoms with Crippen molar-refractivity contribution >= 4 is 28.4 Å². The van der Waals surface area contributed by atoms with Crippen LogP contribution in [0.25, 0.3) is 27.7 Å². The van der Waals surface area contributed by atoms with Crippen LogP contribution in [0.5, 0.6) is 0 Å². The van der Waals surface area contributed by atoms with Crippen LogP contribution in [0.3, 0.4) is 0 Å². The molecule has 2 aromatic carbocycles. The van der Waals surface area contributed by atoms with Crippen molar-refractivity contribution in [1.29, 1.82) is 0 Å². The predicted octanol–water partition coefficient (Wildman–Crippen LogP) is 3.61. The molecule has 152 valence electrons. The second-order valence-corrected chi connectivity index (χ2v) is 7.31. The van der Waals surface area contributed by atoms with Gasteiger partial charge >= 0.3 is 11.8 Å². The maximum Gasteiger partial charge on any atom is 0.313 e. The van der Waals surface area contributed by atoms with Gasteiger partial charge in [-0.25, -0.2) is 4.68 Å². The van der Waals surface area contributed by atoms with E-state index in [1.54, 1.807) is 20.3 Å². The SMILES string of the molecule is CCc1ccc(-n2cc(-c3ccc4[nH]cc(NC(=O)C(=O)N(C)C)c4c3)cn2)cc1. The summed E-state index contributed by atoms with van der Waals surface area (Å²) >= 11 is 0. The molecule has 2 heterocycles. The summed E-state index contributed by atoms with van der Waals surface area (Å²) in [4.78, 5) is 28.4. The molecule has 0 unspecified atom stereocenters. The number of H-pyrrole nitrogens is 1. The van der Waals surface area contributed by atoms with Crippen molar-refractivity contribution in [1.82, 2.24) is 19.7 Å². The molecule has 0 aliphatic carbocycles. The minimum Gasteiger partial charge on any atom is -0.359 e. The molecule has 0 saturated heterocycles. The lowest BCUT2D eigenvalue weighted by Crippen LogP contribution is -2.34. The number of fused-ring (bicyclic) bond motifs is 1. The summed E-state index contributed by atoms with van der Waals surface area (Å²) in [5.41, 5.74) is 5.64. The minimum absolute atomic E-state index is 0.564. The van der Waals surface area contributed by atoms with Gasteiger partial charge < -0.3 is 15.2 Å². The summed E-state index contributed by atoms with van der Waals surface area (Å²) in [6.07, 6.45) is 6.48. The number of rotatable bonds is 4. The molecule has 0 aliphatic rings. The van der Waals surface area contributed by atoms with E-state index in [9.17, 15) is 9.59 Å². The number of aromatic amines is 1. The summed E-state index contributed by atoms with van der Waals surface area (Å²) in [5, 5.41) is 8.00. The van der Waals surface area contributed by atoms with E-state index in [1.165, 1.54) is 10.5 Å². The van der Waals surface area contributed by atoms with E-state index in [4.69, 9.17) is 0 Å². The van der Waals surface area contributed by atoms with Crippen molar-refractivity contribution in [3.05, 3.63) is 66.6 Å². The lowest BCUT2D eigenvalue weighted by Gasteiger charge is -2.09. The van der Waals surface area contributed by atoms with E-state index < -0.39 is 11.8 Å². The Bertz CT molecular complexity index is 1220. The summed E-state index contributed by atoms with van der Waals surface area (Å²) in [6, 6.07) is 14.2. The van der Waals surface area contributed by atoms with Crippen molar-refractivity contribution < 1.29 is 9.59 Å². The average molecular weight is 401 g/mol. The normalized spacial score (nSPS) is 10.9. The molecule has 0 bridgehead atoms. The summed E-state index contributed by atoms with van der Waals surface area (Å²) < 4.78 is 1.84. The smallest absolute Gasteiger partial charge is 0.313 e. The fourth-order valence-corrected chi connectivity index (χ4v) is 3.28. The Morgan fingerprint density at radius 2 is 1.87 bits per heavy atom. The zero-order chi connectivity index (χ0) is 21.3. The number of amides is 2. The van der Waals surface area contributed by atoms with Crippen LogP contribution in [-0.2, 0) is 16.0 Å². The van der Waals surface area contributed by atoms with Gasteiger partial charge in [0.15, 0.2) is 0 Å². The van der Waals surface area contributed by atoms with Gasteiger partial charge in [0.2, 0.25) is 0 Å².